The molecule has 3 nitrogen and oxygen atoms in total. The second kappa shape index (κ2) is 5.51. The van der Waals surface area contributed by atoms with E-state index >= 15 is 0 Å². The van der Waals surface area contributed by atoms with Gasteiger partial charge in [0.2, 0.25) is 6.79 Å². The molecular weight excluding hydrogens is 257 g/mol. The van der Waals surface area contributed by atoms with E-state index in [1.165, 1.54) is 6.07 Å². The van der Waals surface area contributed by atoms with Crippen molar-refractivity contribution >= 4 is 0 Å². The van der Waals surface area contributed by atoms with E-state index in [1.807, 2.05) is 24.3 Å². The van der Waals surface area contributed by atoms with E-state index in [0.29, 0.717) is 18.7 Å². The van der Waals surface area contributed by atoms with E-state index in [2.05, 4.69) is 5.32 Å². The molecule has 4 heteroatoms. The molecule has 1 aliphatic heterocycles. The normalized spacial score (nSPS) is 12.7. The van der Waals surface area contributed by atoms with Crippen LogP contribution < -0.4 is 14.8 Å². The highest BCUT2D eigenvalue weighted by atomic mass is 19.1. The van der Waals surface area contributed by atoms with Crippen LogP contribution in [0.15, 0.2) is 36.4 Å². The van der Waals surface area contributed by atoms with Crippen LogP contribution in [0.4, 0.5) is 4.39 Å². The van der Waals surface area contributed by atoms with Crippen LogP contribution in [0, 0.1) is 12.7 Å². The third-order valence-corrected chi connectivity index (χ3v) is 3.35. The van der Waals surface area contributed by atoms with Crippen molar-refractivity contribution in [2.45, 2.75) is 20.0 Å². The molecule has 0 spiro atoms. The van der Waals surface area contributed by atoms with E-state index < -0.39 is 0 Å². The molecule has 0 unspecified atom stereocenters. The van der Waals surface area contributed by atoms with E-state index in [1.54, 1.807) is 13.0 Å². The Morgan fingerprint density at radius 2 is 2.05 bits per heavy atom. The highest BCUT2D eigenvalue weighted by molar-refractivity contribution is 5.48. The second-order valence-corrected chi connectivity index (χ2v) is 4.84. The highest BCUT2D eigenvalue weighted by Crippen LogP contribution is 2.35. The van der Waals surface area contributed by atoms with Crippen molar-refractivity contribution in [3.63, 3.8) is 0 Å². The van der Waals surface area contributed by atoms with Crippen LogP contribution in [0.3, 0.4) is 0 Å². The zero-order valence-electron chi connectivity index (χ0n) is 11.3. The summed E-state index contributed by atoms with van der Waals surface area (Å²) in [7, 11) is 0. The Kier molecular flexibility index (Phi) is 3.56. The molecule has 2 aromatic carbocycles. The summed E-state index contributed by atoms with van der Waals surface area (Å²) in [5.41, 5.74) is 2.80. The van der Waals surface area contributed by atoms with Crippen molar-refractivity contribution in [1.82, 2.24) is 5.32 Å². The molecule has 0 saturated heterocycles. The molecule has 0 aromatic heterocycles. The van der Waals surface area contributed by atoms with Gasteiger partial charge in [-0.25, -0.2) is 4.39 Å². The molecule has 3 rings (SSSR count). The Bertz CT molecular complexity index is 628. The van der Waals surface area contributed by atoms with Crippen LogP contribution >= 0.6 is 0 Å². The first-order chi connectivity index (χ1) is 9.74. The summed E-state index contributed by atoms with van der Waals surface area (Å²) in [6.07, 6.45) is 0. The van der Waals surface area contributed by atoms with Crippen molar-refractivity contribution in [2.75, 3.05) is 6.79 Å². The fourth-order valence-electron chi connectivity index (χ4n) is 2.29. The number of para-hydroxylation sites is 1. The summed E-state index contributed by atoms with van der Waals surface area (Å²) < 4.78 is 24.0. The summed E-state index contributed by atoms with van der Waals surface area (Å²) in [5.74, 6) is 1.44. The first kappa shape index (κ1) is 12.9. The molecule has 104 valence electrons. The Morgan fingerprint density at radius 3 is 2.90 bits per heavy atom. The van der Waals surface area contributed by atoms with E-state index in [9.17, 15) is 4.39 Å². The van der Waals surface area contributed by atoms with Crippen molar-refractivity contribution in [1.29, 1.82) is 0 Å². The minimum atomic E-state index is -0.167. The van der Waals surface area contributed by atoms with Gasteiger partial charge in [0, 0.05) is 18.7 Å². The van der Waals surface area contributed by atoms with Gasteiger partial charge in [-0.1, -0.05) is 24.3 Å². The summed E-state index contributed by atoms with van der Waals surface area (Å²) >= 11 is 0. The van der Waals surface area contributed by atoms with Crippen molar-refractivity contribution in [3.8, 4) is 11.5 Å². The van der Waals surface area contributed by atoms with Gasteiger partial charge in [-0.3, -0.25) is 0 Å². The minimum Gasteiger partial charge on any atom is -0.454 e. The number of benzene rings is 2. The second-order valence-electron chi connectivity index (χ2n) is 4.84. The zero-order chi connectivity index (χ0) is 13.9. The lowest BCUT2D eigenvalue weighted by Crippen LogP contribution is -2.13. The molecule has 0 bridgehead atoms. The number of rotatable bonds is 4. The van der Waals surface area contributed by atoms with Gasteiger partial charge >= 0.3 is 0 Å². The van der Waals surface area contributed by atoms with Crippen LogP contribution in [-0.2, 0) is 13.1 Å². The lowest BCUT2D eigenvalue weighted by Gasteiger charge is -2.08. The van der Waals surface area contributed by atoms with E-state index in [4.69, 9.17) is 9.47 Å². The first-order valence-electron chi connectivity index (χ1n) is 6.57. The van der Waals surface area contributed by atoms with Crippen LogP contribution in [0.2, 0.25) is 0 Å². The van der Waals surface area contributed by atoms with Gasteiger partial charge in [0.05, 0.1) is 0 Å². The van der Waals surface area contributed by atoms with E-state index in [0.717, 1.165) is 22.6 Å². The lowest BCUT2D eigenvalue weighted by molar-refractivity contribution is 0.173. The largest absolute Gasteiger partial charge is 0.454 e. The maximum absolute atomic E-state index is 13.2. The summed E-state index contributed by atoms with van der Waals surface area (Å²) in [6, 6.07) is 11.0. The van der Waals surface area contributed by atoms with Crippen LogP contribution in [-0.4, -0.2) is 6.79 Å². The molecule has 1 N–H and O–H groups in total. The monoisotopic (exact) mass is 273 g/mol. The molecule has 2 aromatic rings. The number of halogens is 1. The maximum atomic E-state index is 13.2. The molecular formula is C16H16FNO2. The summed E-state index contributed by atoms with van der Waals surface area (Å²) in [6.45, 7) is 3.42. The fourth-order valence-corrected chi connectivity index (χ4v) is 2.29. The summed E-state index contributed by atoms with van der Waals surface area (Å²) in [4.78, 5) is 0. The Morgan fingerprint density at radius 1 is 1.15 bits per heavy atom. The molecule has 0 aliphatic carbocycles. The first-order valence-corrected chi connectivity index (χ1v) is 6.57. The average Bonchev–Trinajstić information content (AvgIpc) is 2.92. The number of aryl methyl sites for hydroxylation is 1. The Hall–Kier alpha value is -2.07. The molecule has 20 heavy (non-hydrogen) atoms. The van der Waals surface area contributed by atoms with Crippen molar-refractivity contribution < 1.29 is 13.9 Å². The number of fused-ring (bicyclic) bond motifs is 1. The predicted molar refractivity (Wildman–Crippen MR) is 74.2 cm³/mol. The molecule has 0 atom stereocenters. The van der Waals surface area contributed by atoms with Crippen LogP contribution in [0.1, 0.15) is 16.7 Å². The third kappa shape index (κ3) is 2.60. The summed E-state index contributed by atoms with van der Waals surface area (Å²) in [5, 5.41) is 3.34. The van der Waals surface area contributed by atoms with Gasteiger partial charge in [-0.15, -0.1) is 0 Å². The SMILES string of the molecule is Cc1cc(CNCc2cccc3c2OCO3)ccc1F. The smallest absolute Gasteiger partial charge is 0.231 e. The quantitative estimate of drug-likeness (QED) is 0.928. The standard InChI is InChI=1S/C16H16FNO2/c1-11-7-12(5-6-14(11)17)8-18-9-13-3-2-4-15-16(13)20-10-19-15/h2-7,18H,8-10H2,1H3. The van der Waals surface area contributed by atoms with Crippen LogP contribution in [0.5, 0.6) is 11.5 Å². The number of ether oxygens (including phenoxy) is 2. The van der Waals surface area contributed by atoms with Gasteiger partial charge < -0.3 is 14.8 Å². The Labute approximate surface area is 117 Å². The van der Waals surface area contributed by atoms with Gasteiger partial charge in [-0.2, -0.15) is 0 Å². The lowest BCUT2D eigenvalue weighted by atomic mass is 10.1. The molecule has 1 aliphatic rings. The third-order valence-electron chi connectivity index (χ3n) is 3.35. The maximum Gasteiger partial charge on any atom is 0.231 e. The van der Waals surface area contributed by atoms with Gasteiger partial charge in [0.1, 0.15) is 5.82 Å². The van der Waals surface area contributed by atoms with Gasteiger partial charge in [0.15, 0.2) is 11.5 Å². The fraction of sp³-hybridized carbons (Fsp3) is 0.250. The number of nitrogens with one attached hydrogen (secondary N) is 1. The molecule has 0 saturated carbocycles. The molecule has 1 heterocycles. The topological polar surface area (TPSA) is 30.5 Å². The zero-order valence-corrected chi connectivity index (χ0v) is 11.3. The van der Waals surface area contributed by atoms with Gasteiger partial charge in [0.25, 0.3) is 0 Å². The molecule has 0 fully saturated rings. The van der Waals surface area contributed by atoms with Crippen LogP contribution in [0.25, 0.3) is 0 Å². The van der Waals surface area contributed by atoms with Gasteiger partial charge in [-0.05, 0) is 30.2 Å². The highest BCUT2D eigenvalue weighted by Gasteiger charge is 2.16. The Balaban J connectivity index is 1.63. The van der Waals surface area contributed by atoms with E-state index in [-0.39, 0.29) is 12.6 Å². The number of hydrogen-bond acceptors (Lipinski definition) is 3. The van der Waals surface area contributed by atoms with Crippen molar-refractivity contribution in [3.05, 3.63) is 58.9 Å². The van der Waals surface area contributed by atoms with Crippen molar-refractivity contribution in [2.24, 2.45) is 0 Å². The molecule has 0 radical (unpaired) electrons. The predicted octanol–water partition coefficient (Wildman–Crippen LogP) is 3.15. The average molecular weight is 273 g/mol. The number of hydrogen-bond donors (Lipinski definition) is 1. The molecule has 0 amide bonds. The minimum absolute atomic E-state index is 0.167.